The molecule has 4 heteroatoms. The lowest BCUT2D eigenvalue weighted by Gasteiger charge is -1.96. The number of aromatic nitrogens is 1. The maximum absolute atomic E-state index is 4.97. The molecule has 1 heterocycles. The third-order valence-corrected chi connectivity index (χ3v) is 1.61. The molecule has 14 heavy (non-hydrogen) atoms. The van der Waals surface area contributed by atoms with Gasteiger partial charge in [-0.25, -0.2) is 4.98 Å². The molecule has 70 valence electrons. The average Bonchev–Trinajstić information content (AvgIpc) is 2.72. The molecule has 1 aromatic heterocycles. The Kier molecular flexibility index (Phi) is 2.56. The van der Waals surface area contributed by atoms with Crippen LogP contribution in [-0.2, 0) is 0 Å². The van der Waals surface area contributed by atoms with E-state index in [9.17, 15) is 0 Å². The summed E-state index contributed by atoms with van der Waals surface area (Å²) in [6.07, 6.45) is 4.53. The van der Waals surface area contributed by atoms with E-state index in [0.717, 1.165) is 5.69 Å². The van der Waals surface area contributed by atoms with Gasteiger partial charge in [0, 0.05) is 0 Å². The molecule has 0 spiro atoms. The van der Waals surface area contributed by atoms with E-state index in [4.69, 9.17) is 4.42 Å². The second-order valence-electron chi connectivity index (χ2n) is 2.64. The Morgan fingerprint density at radius 2 is 2.14 bits per heavy atom. The van der Waals surface area contributed by atoms with Gasteiger partial charge in [-0.15, -0.1) is 0 Å². The number of para-hydroxylation sites is 1. The first kappa shape index (κ1) is 8.50. The van der Waals surface area contributed by atoms with Gasteiger partial charge in [-0.05, 0) is 12.1 Å². The van der Waals surface area contributed by atoms with Gasteiger partial charge in [0.25, 0.3) is 0 Å². The second-order valence-corrected chi connectivity index (χ2v) is 2.64. The van der Waals surface area contributed by atoms with Crippen LogP contribution in [0.4, 0.5) is 5.69 Å². The molecule has 0 aliphatic rings. The molecular weight excluding hydrogens is 178 g/mol. The lowest BCUT2D eigenvalue weighted by Crippen LogP contribution is -1.88. The third-order valence-electron chi connectivity index (χ3n) is 1.61. The summed E-state index contributed by atoms with van der Waals surface area (Å²) in [7, 11) is 0. The zero-order valence-corrected chi connectivity index (χ0v) is 7.42. The molecule has 0 radical (unpaired) electrons. The van der Waals surface area contributed by atoms with Crippen LogP contribution in [0.1, 0.15) is 5.76 Å². The van der Waals surface area contributed by atoms with Crippen LogP contribution in [0.5, 0.6) is 0 Å². The molecule has 0 unspecified atom stereocenters. The van der Waals surface area contributed by atoms with Crippen LogP contribution in [0.3, 0.4) is 0 Å². The van der Waals surface area contributed by atoms with Gasteiger partial charge in [-0.1, -0.05) is 18.2 Å². The number of anilines is 1. The van der Waals surface area contributed by atoms with Gasteiger partial charge >= 0.3 is 0 Å². The minimum Gasteiger partial charge on any atom is -0.442 e. The Hall–Kier alpha value is -2.10. The summed E-state index contributed by atoms with van der Waals surface area (Å²) in [5.41, 5.74) is 3.80. The smallest absolute Gasteiger partial charge is 0.181 e. The molecule has 0 aliphatic carbocycles. The first-order chi connectivity index (χ1) is 6.95. The van der Waals surface area contributed by atoms with Crippen molar-refractivity contribution in [1.82, 2.24) is 4.98 Å². The molecule has 0 atom stereocenters. The molecule has 0 saturated heterocycles. The molecular formula is C10H9N3O. The van der Waals surface area contributed by atoms with Crippen molar-refractivity contribution in [1.29, 1.82) is 0 Å². The van der Waals surface area contributed by atoms with Gasteiger partial charge in [-0.2, -0.15) is 5.10 Å². The van der Waals surface area contributed by atoms with E-state index >= 15 is 0 Å². The van der Waals surface area contributed by atoms with Gasteiger partial charge in [0.05, 0.1) is 18.1 Å². The highest BCUT2D eigenvalue weighted by atomic mass is 16.3. The van der Waals surface area contributed by atoms with E-state index in [1.165, 1.54) is 6.39 Å². The maximum atomic E-state index is 4.97. The monoisotopic (exact) mass is 187 g/mol. The Morgan fingerprint density at radius 3 is 2.86 bits per heavy atom. The number of hydrazone groups is 1. The van der Waals surface area contributed by atoms with Crippen molar-refractivity contribution in [3.63, 3.8) is 0 Å². The topological polar surface area (TPSA) is 50.4 Å². The molecule has 0 saturated carbocycles. The SMILES string of the molecule is C(=N\Nc1ccccc1)/c1cnco1. The molecule has 0 aliphatic heterocycles. The molecule has 0 amide bonds. The van der Waals surface area contributed by atoms with Gasteiger partial charge in [0.15, 0.2) is 12.2 Å². The van der Waals surface area contributed by atoms with E-state index in [1.54, 1.807) is 12.4 Å². The van der Waals surface area contributed by atoms with E-state index in [-0.39, 0.29) is 0 Å². The van der Waals surface area contributed by atoms with Crippen LogP contribution < -0.4 is 5.43 Å². The maximum Gasteiger partial charge on any atom is 0.181 e. The first-order valence-electron chi connectivity index (χ1n) is 4.18. The van der Waals surface area contributed by atoms with Crippen molar-refractivity contribution in [2.45, 2.75) is 0 Å². The van der Waals surface area contributed by atoms with Gasteiger partial charge in [-0.3, -0.25) is 5.43 Å². The first-order valence-corrected chi connectivity index (χ1v) is 4.18. The normalized spacial score (nSPS) is 10.6. The fourth-order valence-corrected chi connectivity index (χ4v) is 0.972. The van der Waals surface area contributed by atoms with Crippen molar-refractivity contribution < 1.29 is 4.42 Å². The molecule has 4 nitrogen and oxygen atoms in total. The highest BCUT2D eigenvalue weighted by Gasteiger charge is 1.89. The number of benzene rings is 1. The zero-order chi connectivity index (χ0) is 9.64. The molecule has 1 aromatic carbocycles. The summed E-state index contributed by atoms with van der Waals surface area (Å²) in [6, 6.07) is 9.68. The second kappa shape index (κ2) is 4.23. The molecule has 0 fully saturated rings. The fourth-order valence-electron chi connectivity index (χ4n) is 0.972. The standard InChI is InChI=1S/C10H9N3O/c1-2-4-9(5-3-1)13-12-7-10-6-11-8-14-10/h1-8,13H/b12-7+. The fraction of sp³-hybridized carbons (Fsp3) is 0. The minimum atomic E-state index is 0.619. The largest absolute Gasteiger partial charge is 0.442 e. The number of hydrogen-bond donors (Lipinski definition) is 1. The van der Waals surface area contributed by atoms with Crippen LogP contribution in [0.2, 0.25) is 0 Å². The molecule has 2 aromatic rings. The summed E-state index contributed by atoms with van der Waals surface area (Å²) < 4.78 is 4.97. The number of nitrogens with zero attached hydrogens (tertiary/aromatic N) is 2. The quantitative estimate of drug-likeness (QED) is 0.591. The van der Waals surface area contributed by atoms with Crippen LogP contribution in [0.15, 0.2) is 52.4 Å². The Balaban J connectivity index is 1.95. The number of hydrogen-bond acceptors (Lipinski definition) is 4. The van der Waals surface area contributed by atoms with E-state index in [1.807, 2.05) is 30.3 Å². The summed E-state index contributed by atoms with van der Waals surface area (Å²) in [5, 5.41) is 3.98. The lowest BCUT2D eigenvalue weighted by molar-refractivity contribution is 0.551. The molecule has 0 bridgehead atoms. The van der Waals surface area contributed by atoms with Crippen molar-refractivity contribution >= 4 is 11.9 Å². The van der Waals surface area contributed by atoms with Crippen LogP contribution in [0, 0.1) is 0 Å². The van der Waals surface area contributed by atoms with E-state index in [2.05, 4.69) is 15.5 Å². The number of rotatable bonds is 3. The summed E-state index contributed by atoms with van der Waals surface area (Å²) >= 11 is 0. The highest BCUT2D eigenvalue weighted by Crippen LogP contribution is 2.04. The lowest BCUT2D eigenvalue weighted by atomic mass is 10.3. The van der Waals surface area contributed by atoms with Crippen molar-refractivity contribution in [2.75, 3.05) is 5.43 Å². The van der Waals surface area contributed by atoms with E-state index in [0.29, 0.717) is 5.76 Å². The Morgan fingerprint density at radius 1 is 1.29 bits per heavy atom. The molecule has 1 N–H and O–H groups in total. The summed E-state index contributed by atoms with van der Waals surface area (Å²) in [4.78, 5) is 3.76. The van der Waals surface area contributed by atoms with Crippen LogP contribution in [-0.4, -0.2) is 11.2 Å². The number of nitrogens with one attached hydrogen (secondary N) is 1. The predicted molar refractivity (Wildman–Crippen MR) is 54.2 cm³/mol. The van der Waals surface area contributed by atoms with Crippen molar-refractivity contribution in [3.8, 4) is 0 Å². The number of oxazole rings is 1. The predicted octanol–water partition coefficient (Wildman–Crippen LogP) is 2.12. The van der Waals surface area contributed by atoms with Crippen molar-refractivity contribution in [3.05, 3.63) is 48.7 Å². The molecule has 2 rings (SSSR count). The minimum absolute atomic E-state index is 0.619. The Bertz CT molecular complexity index is 395. The van der Waals surface area contributed by atoms with Gasteiger partial charge < -0.3 is 4.42 Å². The van der Waals surface area contributed by atoms with Crippen molar-refractivity contribution in [2.24, 2.45) is 5.10 Å². The summed E-state index contributed by atoms with van der Waals surface area (Å²) in [5.74, 6) is 0.619. The summed E-state index contributed by atoms with van der Waals surface area (Å²) in [6.45, 7) is 0. The van der Waals surface area contributed by atoms with E-state index < -0.39 is 0 Å². The average molecular weight is 187 g/mol. The third kappa shape index (κ3) is 2.20. The zero-order valence-electron chi connectivity index (χ0n) is 7.42. The van der Waals surface area contributed by atoms with Gasteiger partial charge in [0.1, 0.15) is 0 Å². The van der Waals surface area contributed by atoms with Gasteiger partial charge in [0.2, 0.25) is 0 Å². The Labute approximate surface area is 81.3 Å². The highest BCUT2D eigenvalue weighted by molar-refractivity contribution is 5.75. The van der Waals surface area contributed by atoms with Crippen LogP contribution in [0.25, 0.3) is 0 Å². The van der Waals surface area contributed by atoms with Crippen LogP contribution >= 0.6 is 0 Å².